The van der Waals surface area contributed by atoms with Crippen molar-refractivity contribution in [3.8, 4) is 11.1 Å². The van der Waals surface area contributed by atoms with Crippen molar-refractivity contribution >= 4 is 69.4 Å². The number of hydrogen-bond donors (Lipinski definition) is 3. The second-order valence-corrected chi connectivity index (χ2v) is 11.7. The molecule has 3 rings (SSSR count). The van der Waals surface area contributed by atoms with E-state index in [0.717, 1.165) is 39.2 Å². The van der Waals surface area contributed by atoms with Crippen LogP contribution in [0, 0.1) is 11.6 Å². The zero-order valence-corrected chi connectivity index (χ0v) is 22.5. The number of thiophene rings is 1. The lowest BCUT2D eigenvalue weighted by Gasteiger charge is -2.19. The van der Waals surface area contributed by atoms with E-state index in [4.69, 9.17) is 17.3 Å². The Morgan fingerprint density at radius 2 is 1.76 bits per heavy atom. The van der Waals surface area contributed by atoms with Crippen LogP contribution in [0.25, 0.3) is 17.2 Å². The standard InChI is InChI=1S/C24H23F2N3O5S3/c1-24(2,3)21-14(12-4-5-15(25)16(26)6-12)7-13(36-21)8-17-22(34)29(23(35)37-17)11-19(31)27-9-18(30)28-10-20(32)33/h4-8H,9-11H2,1-3H3,(H,27,31)(H,28,30)(H,32,33). The van der Waals surface area contributed by atoms with E-state index >= 15 is 0 Å². The molecular weight excluding hydrogens is 544 g/mol. The SMILES string of the molecule is CC(C)(C)c1sc(C=C2SC(=S)N(CC(=O)NCC(=O)NCC(=O)O)C2=O)cc1-c1ccc(F)c(F)c1. The van der Waals surface area contributed by atoms with Crippen LogP contribution >= 0.6 is 35.3 Å². The summed E-state index contributed by atoms with van der Waals surface area (Å²) in [7, 11) is 0. The van der Waals surface area contributed by atoms with Gasteiger partial charge >= 0.3 is 5.97 Å². The Labute approximate surface area is 225 Å². The number of thioether (sulfide) groups is 1. The molecule has 0 spiro atoms. The number of carboxylic acid groups (broad SMARTS) is 1. The lowest BCUT2D eigenvalue weighted by Crippen LogP contribution is -2.44. The second-order valence-electron chi connectivity index (χ2n) is 8.99. The zero-order valence-electron chi connectivity index (χ0n) is 20.0. The Balaban J connectivity index is 1.76. The highest BCUT2D eigenvalue weighted by atomic mass is 32.2. The predicted molar refractivity (Wildman–Crippen MR) is 142 cm³/mol. The fraction of sp³-hybridized carbons (Fsp3) is 0.292. The van der Waals surface area contributed by atoms with Gasteiger partial charge in [0.1, 0.15) is 17.4 Å². The minimum Gasteiger partial charge on any atom is -0.480 e. The monoisotopic (exact) mass is 567 g/mol. The zero-order chi connectivity index (χ0) is 27.5. The number of carbonyl (C=O) groups is 4. The van der Waals surface area contributed by atoms with Crippen LogP contribution in [0.3, 0.4) is 0 Å². The topological polar surface area (TPSA) is 116 Å². The Kier molecular flexibility index (Phi) is 8.82. The van der Waals surface area contributed by atoms with E-state index in [9.17, 15) is 28.0 Å². The minimum absolute atomic E-state index is 0.162. The number of nitrogens with zero attached hydrogens (tertiary/aromatic N) is 1. The summed E-state index contributed by atoms with van der Waals surface area (Å²) < 4.78 is 27.5. The van der Waals surface area contributed by atoms with Crippen molar-refractivity contribution in [2.75, 3.05) is 19.6 Å². The van der Waals surface area contributed by atoms with E-state index in [0.29, 0.717) is 10.4 Å². The number of thiocarbonyl (C=S) groups is 1. The molecule has 37 heavy (non-hydrogen) atoms. The van der Waals surface area contributed by atoms with Gasteiger partial charge in [-0.05, 0) is 40.8 Å². The molecule has 8 nitrogen and oxygen atoms in total. The number of amides is 3. The highest BCUT2D eigenvalue weighted by molar-refractivity contribution is 8.26. The molecule has 2 aromatic rings. The summed E-state index contributed by atoms with van der Waals surface area (Å²) in [5, 5.41) is 13.0. The van der Waals surface area contributed by atoms with Gasteiger partial charge in [-0.2, -0.15) is 0 Å². The van der Waals surface area contributed by atoms with Crippen molar-refractivity contribution in [1.82, 2.24) is 15.5 Å². The quantitative estimate of drug-likeness (QED) is 0.330. The van der Waals surface area contributed by atoms with Gasteiger partial charge in [0, 0.05) is 9.75 Å². The van der Waals surface area contributed by atoms with Crippen LogP contribution in [-0.4, -0.2) is 57.7 Å². The van der Waals surface area contributed by atoms with Crippen LogP contribution in [-0.2, 0) is 24.6 Å². The Morgan fingerprint density at radius 1 is 1.08 bits per heavy atom. The Bertz CT molecular complexity index is 1320. The third kappa shape index (κ3) is 7.21. The number of halogens is 2. The minimum atomic E-state index is -1.22. The van der Waals surface area contributed by atoms with Crippen molar-refractivity contribution in [3.63, 3.8) is 0 Å². The van der Waals surface area contributed by atoms with Gasteiger partial charge in [-0.3, -0.25) is 24.1 Å². The summed E-state index contributed by atoms with van der Waals surface area (Å²) in [6.07, 6.45) is 1.64. The van der Waals surface area contributed by atoms with Gasteiger partial charge in [0.2, 0.25) is 11.8 Å². The Morgan fingerprint density at radius 3 is 2.38 bits per heavy atom. The van der Waals surface area contributed by atoms with Crippen LogP contribution in [0.4, 0.5) is 8.78 Å². The van der Waals surface area contributed by atoms with E-state index < -0.39 is 55.0 Å². The molecule has 0 atom stereocenters. The molecule has 0 bridgehead atoms. The van der Waals surface area contributed by atoms with Gasteiger partial charge in [0.05, 0.1) is 11.4 Å². The summed E-state index contributed by atoms with van der Waals surface area (Å²) in [5.41, 5.74) is 0.917. The van der Waals surface area contributed by atoms with Crippen LogP contribution < -0.4 is 10.6 Å². The van der Waals surface area contributed by atoms with Crippen molar-refractivity contribution in [1.29, 1.82) is 0 Å². The van der Waals surface area contributed by atoms with Gasteiger partial charge in [-0.1, -0.05) is 50.8 Å². The highest BCUT2D eigenvalue weighted by Crippen LogP contribution is 2.42. The molecule has 1 aromatic heterocycles. The molecule has 3 amide bonds. The van der Waals surface area contributed by atoms with Crippen LogP contribution in [0.2, 0.25) is 0 Å². The molecule has 0 unspecified atom stereocenters. The molecule has 196 valence electrons. The van der Waals surface area contributed by atoms with E-state index in [1.165, 1.54) is 17.4 Å². The van der Waals surface area contributed by atoms with E-state index in [1.807, 2.05) is 20.8 Å². The smallest absolute Gasteiger partial charge is 0.322 e. The number of rotatable bonds is 8. The molecule has 0 radical (unpaired) electrons. The first-order valence-electron chi connectivity index (χ1n) is 10.9. The number of benzene rings is 1. The largest absolute Gasteiger partial charge is 0.480 e. The normalized spacial score (nSPS) is 14.8. The molecule has 1 aromatic carbocycles. The first kappa shape index (κ1) is 28.4. The molecule has 1 saturated heterocycles. The van der Waals surface area contributed by atoms with Crippen molar-refractivity contribution in [2.24, 2.45) is 0 Å². The lowest BCUT2D eigenvalue weighted by molar-refractivity contribution is -0.138. The van der Waals surface area contributed by atoms with Crippen molar-refractivity contribution < 1.29 is 33.1 Å². The van der Waals surface area contributed by atoms with Crippen LogP contribution in [0.15, 0.2) is 29.2 Å². The van der Waals surface area contributed by atoms with Crippen LogP contribution in [0.5, 0.6) is 0 Å². The third-order valence-corrected chi connectivity index (χ3v) is 7.88. The molecular formula is C24H23F2N3O5S3. The molecule has 0 saturated carbocycles. The van der Waals surface area contributed by atoms with Crippen molar-refractivity contribution in [3.05, 3.63) is 50.6 Å². The first-order valence-corrected chi connectivity index (χ1v) is 12.9. The third-order valence-electron chi connectivity index (χ3n) is 4.99. The summed E-state index contributed by atoms with van der Waals surface area (Å²) in [5.74, 6) is -4.93. The first-order chi connectivity index (χ1) is 17.3. The average Bonchev–Trinajstić information content (AvgIpc) is 3.35. The summed E-state index contributed by atoms with van der Waals surface area (Å²) in [6.45, 7) is 4.54. The fourth-order valence-corrected chi connectivity index (χ4v) is 5.80. The number of carbonyl (C=O) groups excluding carboxylic acids is 3. The predicted octanol–water partition coefficient (Wildman–Crippen LogP) is 3.51. The molecule has 13 heteroatoms. The highest BCUT2D eigenvalue weighted by Gasteiger charge is 2.34. The summed E-state index contributed by atoms with van der Waals surface area (Å²) in [4.78, 5) is 50.2. The van der Waals surface area contributed by atoms with Gasteiger partial charge in [0.25, 0.3) is 5.91 Å². The molecule has 3 N–H and O–H groups in total. The van der Waals surface area contributed by atoms with Gasteiger partial charge < -0.3 is 15.7 Å². The second kappa shape index (κ2) is 11.5. The van der Waals surface area contributed by atoms with E-state index in [-0.39, 0.29) is 14.6 Å². The molecule has 0 aliphatic carbocycles. The molecule has 2 heterocycles. The molecule has 1 aliphatic heterocycles. The number of hydrogen-bond acceptors (Lipinski definition) is 7. The maximum Gasteiger partial charge on any atom is 0.322 e. The summed E-state index contributed by atoms with van der Waals surface area (Å²) in [6, 6.07) is 5.50. The fourth-order valence-electron chi connectivity index (χ4n) is 3.30. The number of aliphatic carboxylic acids is 1. The lowest BCUT2D eigenvalue weighted by atomic mass is 9.89. The van der Waals surface area contributed by atoms with Crippen LogP contribution in [0.1, 0.15) is 30.5 Å². The van der Waals surface area contributed by atoms with Crippen molar-refractivity contribution in [2.45, 2.75) is 26.2 Å². The van der Waals surface area contributed by atoms with E-state index in [1.54, 1.807) is 12.1 Å². The molecule has 1 aliphatic rings. The summed E-state index contributed by atoms with van der Waals surface area (Å²) >= 11 is 7.69. The maximum absolute atomic E-state index is 13.9. The molecule has 1 fully saturated rings. The van der Waals surface area contributed by atoms with E-state index in [2.05, 4.69) is 10.6 Å². The van der Waals surface area contributed by atoms with Gasteiger partial charge in [0.15, 0.2) is 11.6 Å². The maximum atomic E-state index is 13.9. The number of carboxylic acids is 1. The number of nitrogens with one attached hydrogen (secondary N) is 2. The average molecular weight is 568 g/mol. The Hall–Kier alpha value is -3.16. The van der Waals surface area contributed by atoms with Gasteiger partial charge in [-0.25, -0.2) is 8.78 Å². The van der Waals surface area contributed by atoms with Gasteiger partial charge in [-0.15, -0.1) is 11.3 Å².